The molecule has 3 heteroatoms. The summed E-state index contributed by atoms with van der Waals surface area (Å²) in [5.74, 6) is 1.26. The molecule has 1 N–H and O–H groups in total. The van der Waals surface area contributed by atoms with Crippen molar-refractivity contribution in [3.63, 3.8) is 0 Å². The molecule has 0 spiro atoms. The molecule has 0 aromatic rings. The van der Waals surface area contributed by atoms with Gasteiger partial charge in [0.2, 0.25) is 0 Å². The molecular weight excluding hydrogens is 216 g/mol. The van der Waals surface area contributed by atoms with Gasteiger partial charge in [0.05, 0.1) is 0 Å². The zero-order valence-corrected chi connectivity index (χ0v) is 12.4. The highest BCUT2D eigenvalue weighted by molar-refractivity contribution is 7.98. The van der Waals surface area contributed by atoms with E-state index >= 15 is 0 Å². The lowest BCUT2D eigenvalue weighted by atomic mass is 9.92. The van der Waals surface area contributed by atoms with Crippen LogP contribution in [0, 0.1) is 0 Å². The number of nitrogens with zero attached hydrogens (tertiary/aromatic N) is 1. The minimum atomic E-state index is 0.318. The van der Waals surface area contributed by atoms with Gasteiger partial charge in [0, 0.05) is 36.5 Å². The fourth-order valence-electron chi connectivity index (χ4n) is 2.49. The predicted molar refractivity (Wildman–Crippen MR) is 75.3 cm³/mol. The van der Waals surface area contributed by atoms with E-state index in [0.717, 1.165) is 12.6 Å². The topological polar surface area (TPSA) is 15.3 Å². The van der Waals surface area contributed by atoms with Crippen molar-refractivity contribution >= 4 is 11.8 Å². The van der Waals surface area contributed by atoms with Crippen molar-refractivity contribution in [2.24, 2.45) is 0 Å². The molecular formula is C13H28N2S. The second-order valence-electron chi connectivity index (χ2n) is 5.33. The molecule has 16 heavy (non-hydrogen) atoms. The summed E-state index contributed by atoms with van der Waals surface area (Å²) < 4.78 is 0. The minimum Gasteiger partial charge on any atom is -0.309 e. The van der Waals surface area contributed by atoms with Crippen LogP contribution in [0.5, 0.6) is 0 Å². The van der Waals surface area contributed by atoms with Crippen LogP contribution in [0.15, 0.2) is 0 Å². The zero-order valence-electron chi connectivity index (χ0n) is 11.5. The van der Waals surface area contributed by atoms with Gasteiger partial charge in [-0.25, -0.2) is 0 Å². The van der Waals surface area contributed by atoms with Crippen LogP contribution >= 0.6 is 11.8 Å². The standard InChI is InChI=1S/C13H28N2S/c1-6-12(9-16-5)15-10-13(4,7-2)14-8-11(15)3/h11-12,14H,6-10H2,1-5H3. The van der Waals surface area contributed by atoms with E-state index < -0.39 is 0 Å². The van der Waals surface area contributed by atoms with Crippen molar-refractivity contribution in [1.29, 1.82) is 0 Å². The smallest absolute Gasteiger partial charge is 0.0278 e. The highest BCUT2D eigenvalue weighted by Crippen LogP contribution is 2.23. The summed E-state index contributed by atoms with van der Waals surface area (Å²) >= 11 is 1.98. The van der Waals surface area contributed by atoms with Gasteiger partial charge in [0.1, 0.15) is 0 Å². The van der Waals surface area contributed by atoms with Crippen LogP contribution in [0.4, 0.5) is 0 Å². The van der Waals surface area contributed by atoms with Crippen LogP contribution in [0.2, 0.25) is 0 Å². The maximum atomic E-state index is 3.70. The van der Waals surface area contributed by atoms with Crippen LogP contribution in [-0.2, 0) is 0 Å². The highest BCUT2D eigenvalue weighted by atomic mass is 32.2. The molecule has 3 atom stereocenters. The summed E-state index contributed by atoms with van der Waals surface area (Å²) in [4.78, 5) is 2.72. The van der Waals surface area contributed by atoms with Gasteiger partial charge in [0.15, 0.2) is 0 Å². The van der Waals surface area contributed by atoms with Gasteiger partial charge in [0.25, 0.3) is 0 Å². The van der Waals surface area contributed by atoms with Crippen molar-refractivity contribution in [3.05, 3.63) is 0 Å². The molecule has 1 fully saturated rings. The van der Waals surface area contributed by atoms with Gasteiger partial charge in [-0.3, -0.25) is 4.90 Å². The van der Waals surface area contributed by atoms with Crippen LogP contribution < -0.4 is 5.32 Å². The van der Waals surface area contributed by atoms with E-state index in [2.05, 4.69) is 44.2 Å². The van der Waals surface area contributed by atoms with Crippen molar-refractivity contribution in [3.8, 4) is 0 Å². The average molecular weight is 244 g/mol. The van der Waals surface area contributed by atoms with Crippen molar-refractivity contribution < 1.29 is 0 Å². The van der Waals surface area contributed by atoms with Crippen LogP contribution in [0.25, 0.3) is 0 Å². The SMILES string of the molecule is CCC(CSC)N1CC(C)(CC)NCC1C. The van der Waals surface area contributed by atoms with Gasteiger partial charge in [-0.1, -0.05) is 13.8 Å². The Morgan fingerprint density at radius 2 is 2.19 bits per heavy atom. The molecule has 1 saturated heterocycles. The number of nitrogens with one attached hydrogen (secondary N) is 1. The third-order valence-electron chi connectivity index (χ3n) is 4.00. The molecule has 1 heterocycles. The second-order valence-corrected chi connectivity index (χ2v) is 6.24. The Kier molecular flexibility index (Phi) is 5.62. The third kappa shape index (κ3) is 3.38. The van der Waals surface area contributed by atoms with E-state index in [1.807, 2.05) is 11.8 Å². The Labute approximate surface area is 106 Å². The molecule has 0 saturated carbocycles. The Hall–Kier alpha value is 0.270. The fraction of sp³-hybridized carbons (Fsp3) is 1.00. The van der Waals surface area contributed by atoms with Gasteiger partial charge in [-0.15, -0.1) is 0 Å². The van der Waals surface area contributed by atoms with Gasteiger partial charge in [-0.2, -0.15) is 11.8 Å². The normalized spacial score (nSPS) is 33.9. The summed E-state index contributed by atoms with van der Waals surface area (Å²) in [6, 6.07) is 1.43. The molecule has 2 nitrogen and oxygen atoms in total. The lowest BCUT2D eigenvalue weighted by Gasteiger charge is -2.48. The zero-order chi connectivity index (χ0) is 12.2. The Morgan fingerprint density at radius 3 is 2.69 bits per heavy atom. The minimum absolute atomic E-state index is 0.318. The molecule has 0 amide bonds. The van der Waals surface area contributed by atoms with Crippen LogP contribution in [-0.4, -0.2) is 47.6 Å². The first-order valence-electron chi connectivity index (χ1n) is 6.56. The first-order chi connectivity index (χ1) is 7.56. The van der Waals surface area contributed by atoms with E-state index in [-0.39, 0.29) is 0 Å². The Balaban J connectivity index is 2.67. The average Bonchev–Trinajstić information content (AvgIpc) is 2.30. The van der Waals surface area contributed by atoms with Gasteiger partial charge < -0.3 is 5.32 Å². The van der Waals surface area contributed by atoms with Crippen LogP contribution in [0.3, 0.4) is 0 Å². The van der Waals surface area contributed by atoms with Crippen molar-refractivity contribution in [2.45, 2.75) is 58.2 Å². The van der Waals surface area contributed by atoms with Gasteiger partial charge in [-0.05, 0) is 32.9 Å². The number of piperazine rings is 1. The maximum Gasteiger partial charge on any atom is 0.0278 e. The molecule has 0 radical (unpaired) electrons. The molecule has 1 aliphatic heterocycles. The van der Waals surface area contributed by atoms with Crippen LogP contribution in [0.1, 0.15) is 40.5 Å². The number of hydrogen-bond donors (Lipinski definition) is 1. The van der Waals surface area contributed by atoms with Crippen molar-refractivity contribution in [2.75, 3.05) is 25.1 Å². The lowest BCUT2D eigenvalue weighted by molar-refractivity contribution is 0.0604. The van der Waals surface area contributed by atoms with E-state index in [9.17, 15) is 0 Å². The summed E-state index contributed by atoms with van der Waals surface area (Å²) in [7, 11) is 0. The maximum absolute atomic E-state index is 3.70. The molecule has 0 aromatic heterocycles. The Morgan fingerprint density at radius 1 is 1.50 bits per heavy atom. The van der Waals surface area contributed by atoms with Gasteiger partial charge >= 0.3 is 0 Å². The predicted octanol–water partition coefficient (Wildman–Crippen LogP) is 2.59. The molecule has 0 aliphatic carbocycles. The molecule has 1 aliphatic rings. The second kappa shape index (κ2) is 6.27. The monoisotopic (exact) mass is 244 g/mol. The number of thioether (sulfide) groups is 1. The quantitative estimate of drug-likeness (QED) is 0.800. The molecule has 0 aromatic carbocycles. The molecule has 0 bridgehead atoms. The van der Waals surface area contributed by atoms with E-state index in [1.54, 1.807) is 0 Å². The number of rotatable bonds is 5. The van der Waals surface area contributed by atoms with Crippen molar-refractivity contribution in [1.82, 2.24) is 10.2 Å². The highest BCUT2D eigenvalue weighted by Gasteiger charge is 2.35. The molecule has 3 unspecified atom stereocenters. The Bertz CT molecular complexity index is 210. The number of hydrogen-bond acceptors (Lipinski definition) is 3. The largest absolute Gasteiger partial charge is 0.309 e. The summed E-state index contributed by atoms with van der Waals surface area (Å²) in [5, 5.41) is 3.70. The summed E-state index contributed by atoms with van der Waals surface area (Å²) in [6.45, 7) is 11.7. The first kappa shape index (κ1) is 14.3. The van der Waals surface area contributed by atoms with E-state index in [0.29, 0.717) is 11.6 Å². The molecule has 1 rings (SSSR count). The third-order valence-corrected chi connectivity index (χ3v) is 4.72. The van der Waals surface area contributed by atoms with E-state index in [4.69, 9.17) is 0 Å². The first-order valence-corrected chi connectivity index (χ1v) is 7.95. The molecule has 96 valence electrons. The lowest BCUT2D eigenvalue weighted by Crippen LogP contribution is -2.64. The van der Waals surface area contributed by atoms with E-state index in [1.165, 1.54) is 25.1 Å². The fourth-order valence-corrected chi connectivity index (χ4v) is 3.30. The summed E-state index contributed by atoms with van der Waals surface area (Å²) in [5.41, 5.74) is 0.318. The summed E-state index contributed by atoms with van der Waals surface area (Å²) in [6.07, 6.45) is 4.70.